The lowest BCUT2D eigenvalue weighted by Crippen LogP contribution is -2.39. The van der Waals surface area contributed by atoms with Crippen LogP contribution in [0.2, 0.25) is 0 Å². The average Bonchev–Trinajstić information content (AvgIpc) is 2.77. The van der Waals surface area contributed by atoms with Crippen LogP contribution in [0.3, 0.4) is 0 Å². The molecule has 114 valence electrons. The van der Waals surface area contributed by atoms with E-state index in [9.17, 15) is 0 Å². The van der Waals surface area contributed by atoms with Crippen molar-refractivity contribution < 1.29 is 0 Å². The van der Waals surface area contributed by atoms with Gasteiger partial charge in [-0.3, -0.25) is 9.58 Å². The van der Waals surface area contributed by atoms with E-state index in [-0.39, 0.29) is 0 Å². The highest BCUT2D eigenvalue weighted by Crippen LogP contribution is 2.27. The third-order valence-electron chi connectivity index (χ3n) is 4.24. The number of halogens is 2. The van der Waals surface area contributed by atoms with E-state index in [1.807, 2.05) is 0 Å². The molecule has 20 heavy (non-hydrogen) atoms. The molecule has 0 saturated carbocycles. The monoisotopic (exact) mass is 361 g/mol. The second-order valence-electron chi connectivity index (χ2n) is 5.47. The summed E-state index contributed by atoms with van der Waals surface area (Å²) in [5.74, 6) is 0.760. The molecule has 0 bridgehead atoms. The quantitative estimate of drug-likeness (QED) is 0.707. The van der Waals surface area contributed by atoms with Gasteiger partial charge >= 0.3 is 0 Å². The molecule has 1 fully saturated rings. The van der Waals surface area contributed by atoms with Crippen LogP contribution in [0.5, 0.6) is 0 Å². The summed E-state index contributed by atoms with van der Waals surface area (Å²) in [5, 5.41) is 4.70. The van der Waals surface area contributed by atoms with Gasteiger partial charge in [-0.1, -0.05) is 13.3 Å². The first-order chi connectivity index (χ1) is 9.71. The lowest BCUT2D eigenvalue weighted by molar-refractivity contribution is 0.132. The zero-order valence-electron chi connectivity index (χ0n) is 12.5. The van der Waals surface area contributed by atoms with E-state index in [2.05, 4.69) is 39.4 Å². The molecule has 2 rings (SSSR count). The zero-order chi connectivity index (χ0) is 14.5. The number of hydrogen-bond acceptors (Lipinski definition) is 2. The fourth-order valence-electron chi connectivity index (χ4n) is 3.08. The Morgan fingerprint density at radius 3 is 2.80 bits per heavy atom. The Labute approximate surface area is 135 Å². The van der Waals surface area contributed by atoms with Gasteiger partial charge in [0.1, 0.15) is 0 Å². The Balaban J connectivity index is 2.17. The number of aromatic nitrogens is 2. The van der Waals surface area contributed by atoms with E-state index in [1.165, 1.54) is 41.7 Å². The maximum Gasteiger partial charge on any atom is 0.0767 e. The van der Waals surface area contributed by atoms with E-state index in [0.29, 0.717) is 6.04 Å². The van der Waals surface area contributed by atoms with Crippen molar-refractivity contribution in [3.63, 3.8) is 0 Å². The summed E-state index contributed by atoms with van der Waals surface area (Å²) in [6.45, 7) is 7.43. The lowest BCUT2D eigenvalue weighted by atomic mass is 10.00. The number of rotatable bonds is 6. The molecule has 0 aliphatic carbocycles. The summed E-state index contributed by atoms with van der Waals surface area (Å²) in [5.41, 5.74) is 2.50. The van der Waals surface area contributed by atoms with Crippen molar-refractivity contribution in [1.82, 2.24) is 14.7 Å². The van der Waals surface area contributed by atoms with E-state index in [1.54, 1.807) is 0 Å². The fraction of sp³-hybridized carbons (Fsp3) is 0.800. The van der Waals surface area contributed by atoms with Crippen LogP contribution in [0.4, 0.5) is 0 Å². The molecule has 2 heterocycles. The molecule has 0 N–H and O–H groups in total. The van der Waals surface area contributed by atoms with Gasteiger partial charge in [0, 0.05) is 25.0 Å². The summed E-state index contributed by atoms with van der Waals surface area (Å²) < 4.78 is 3.35. The number of hydrogen-bond donors (Lipinski definition) is 0. The fourth-order valence-corrected chi connectivity index (χ4v) is 4.02. The highest BCUT2D eigenvalue weighted by atomic mass is 79.9. The summed E-state index contributed by atoms with van der Waals surface area (Å²) in [6, 6.07) is 0.637. The molecule has 1 aromatic rings. The van der Waals surface area contributed by atoms with Crippen LogP contribution >= 0.6 is 27.5 Å². The van der Waals surface area contributed by atoms with Crippen molar-refractivity contribution in [2.75, 3.05) is 12.4 Å². The number of likely N-dealkylation sites (tertiary alicyclic amines) is 1. The van der Waals surface area contributed by atoms with Gasteiger partial charge in [0.05, 0.1) is 15.9 Å². The van der Waals surface area contributed by atoms with Crippen LogP contribution in [0.1, 0.15) is 50.9 Å². The Hall–Kier alpha value is -0.0600. The molecule has 1 atom stereocenters. The Bertz CT molecular complexity index is 431. The van der Waals surface area contributed by atoms with Crippen LogP contribution in [0.25, 0.3) is 0 Å². The smallest absolute Gasteiger partial charge is 0.0767 e. The minimum Gasteiger partial charge on any atom is -0.294 e. The van der Waals surface area contributed by atoms with Crippen molar-refractivity contribution >= 4 is 27.5 Å². The highest BCUT2D eigenvalue weighted by Gasteiger charge is 2.24. The molecule has 0 amide bonds. The molecule has 0 radical (unpaired) electrons. The first-order valence-corrected chi connectivity index (χ1v) is 9.08. The summed E-state index contributed by atoms with van der Waals surface area (Å²) >= 11 is 9.72. The van der Waals surface area contributed by atoms with Crippen LogP contribution in [-0.4, -0.2) is 33.1 Å². The molecule has 1 unspecified atom stereocenters. The van der Waals surface area contributed by atoms with Gasteiger partial charge < -0.3 is 0 Å². The van der Waals surface area contributed by atoms with Crippen LogP contribution in [0.15, 0.2) is 4.47 Å². The van der Waals surface area contributed by atoms with Crippen molar-refractivity contribution in [2.24, 2.45) is 0 Å². The van der Waals surface area contributed by atoms with E-state index in [4.69, 9.17) is 16.7 Å². The maximum absolute atomic E-state index is 5.97. The first kappa shape index (κ1) is 16.3. The average molecular weight is 363 g/mol. The molecule has 3 nitrogen and oxygen atoms in total. The predicted molar refractivity (Wildman–Crippen MR) is 88.4 cm³/mol. The molecule has 1 aromatic heterocycles. The number of piperidine rings is 1. The Kier molecular flexibility index (Phi) is 6.37. The molecular weight excluding hydrogens is 338 g/mol. The molecule has 1 saturated heterocycles. The second-order valence-corrected chi connectivity index (χ2v) is 6.65. The van der Waals surface area contributed by atoms with Gasteiger partial charge in [-0.15, -0.1) is 11.6 Å². The third-order valence-corrected chi connectivity index (χ3v) is 5.37. The van der Waals surface area contributed by atoms with Crippen LogP contribution in [0, 0.1) is 0 Å². The first-order valence-electron chi connectivity index (χ1n) is 7.75. The highest BCUT2D eigenvalue weighted by molar-refractivity contribution is 9.10. The van der Waals surface area contributed by atoms with Crippen molar-refractivity contribution in [2.45, 2.75) is 65.1 Å². The molecule has 0 aromatic carbocycles. The van der Waals surface area contributed by atoms with Gasteiger partial charge in [-0.2, -0.15) is 5.10 Å². The molecule has 5 heteroatoms. The topological polar surface area (TPSA) is 21.1 Å². The van der Waals surface area contributed by atoms with Crippen LogP contribution < -0.4 is 0 Å². The van der Waals surface area contributed by atoms with Gasteiger partial charge in [0.25, 0.3) is 0 Å². The molecule has 1 aliphatic rings. The van der Waals surface area contributed by atoms with Crippen LogP contribution in [-0.2, 0) is 19.5 Å². The zero-order valence-corrected chi connectivity index (χ0v) is 14.9. The Morgan fingerprint density at radius 2 is 2.15 bits per heavy atom. The largest absolute Gasteiger partial charge is 0.294 e. The van der Waals surface area contributed by atoms with Gasteiger partial charge in [-0.05, 0) is 55.1 Å². The van der Waals surface area contributed by atoms with E-state index >= 15 is 0 Å². The van der Waals surface area contributed by atoms with Crippen molar-refractivity contribution in [3.05, 3.63) is 15.9 Å². The van der Waals surface area contributed by atoms with Gasteiger partial charge in [-0.25, -0.2) is 0 Å². The molecule has 1 aliphatic heterocycles. The van der Waals surface area contributed by atoms with Crippen molar-refractivity contribution in [1.29, 1.82) is 0 Å². The summed E-state index contributed by atoms with van der Waals surface area (Å²) in [7, 11) is 0. The SMILES string of the molecule is CCc1nn(CC)c(CN2CCCCC2CCCl)c1Br. The van der Waals surface area contributed by atoms with Gasteiger partial charge in [0.2, 0.25) is 0 Å². The minimum absolute atomic E-state index is 0.637. The van der Waals surface area contributed by atoms with E-state index < -0.39 is 0 Å². The maximum atomic E-state index is 5.97. The normalized spacial score (nSPS) is 20.5. The molecular formula is C15H25BrClN3. The number of aryl methyl sites for hydroxylation is 2. The van der Waals surface area contributed by atoms with E-state index in [0.717, 1.165) is 31.8 Å². The number of alkyl halides is 1. The lowest BCUT2D eigenvalue weighted by Gasteiger charge is -2.35. The minimum atomic E-state index is 0.637. The standard InChI is InChI=1S/C15H25BrClN3/c1-3-13-15(16)14(20(4-2)18-13)11-19-10-6-5-7-12(19)8-9-17/h12H,3-11H2,1-2H3. The summed E-state index contributed by atoms with van der Waals surface area (Å²) in [6.07, 6.45) is 6.00. The van der Waals surface area contributed by atoms with Crippen molar-refractivity contribution in [3.8, 4) is 0 Å². The van der Waals surface area contributed by atoms with Gasteiger partial charge in [0.15, 0.2) is 0 Å². The third kappa shape index (κ3) is 3.58. The molecule has 0 spiro atoms. The Morgan fingerprint density at radius 1 is 1.35 bits per heavy atom. The number of nitrogens with zero attached hydrogens (tertiary/aromatic N) is 3. The summed E-state index contributed by atoms with van der Waals surface area (Å²) in [4.78, 5) is 2.60. The predicted octanol–water partition coefficient (Wildman–Crippen LogP) is 4.21. The second kappa shape index (κ2) is 7.81.